The first kappa shape index (κ1) is 19.7. The summed E-state index contributed by atoms with van der Waals surface area (Å²) in [4.78, 5) is 3.36. The molecule has 4 rings (SSSR count). The Bertz CT molecular complexity index is 966. The quantitative estimate of drug-likeness (QED) is 0.827. The average Bonchev–Trinajstić information content (AvgIpc) is 3.21. The van der Waals surface area contributed by atoms with Gasteiger partial charge in [-0.15, -0.1) is 11.3 Å². The fourth-order valence-electron chi connectivity index (χ4n) is 4.84. The Balaban J connectivity index is 1.75. The minimum Gasteiger partial charge on any atom is -0.399 e. The number of allylic oxidation sites excluding steroid dienone is 4. The highest BCUT2D eigenvalue weighted by atomic mass is 32.1. The zero-order valence-corrected chi connectivity index (χ0v) is 17.0. The van der Waals surface area contributed by atoms with Crippen LogP contribution in [0.4, 0.5) is 0 Å². The standard InChI is InChI=1S/C22H23N5OS/c23-10-18-16-3-1-2-4-17(16)20(22(13-24,14-25)21(18)26)19-9-15(12-29-19)11-27-5-7-28-8-6-27/h3,9,12,17,20H,1-2,4-8,11,26H2/t17-,20+/m1/s1. The Morgan fingerprint density at radius 1 is 1.24 bits per heavy atom. The number of fused-ring (bicyclic) bond motifs is 1. The van der Waals surface area contributed by atoms with Crippen LogP contribution in [0, 0.1) is 45.3 Å². The third-order valence-electron chi connectivity index (χ3n) is 6.29. The first-order valence-corrected chi connectivity index (χ1v) is 10.8. The first-order valence-electron chi connectivity index (χ1n) is 9.95. The van der Waals surface area contributed by atoms with Crippen molar-refractivity contribution in [3.8, 4) is 18.2 Å². The molecule has 1 aromatic rings. The molecule has 0 radical (unpaired) electrons. The van der Waals surface area contributed by atoms with E-state index in [1.807, 2.05) is 0 Å². The van der Waals surface area contributed by atoms with Crippen LogP contribution in [0.2, 0.25) is 0 Å². The number of nitrogens with zero attached hydrogens (tertiary/aromatic N) is 4. The largest absolute Gasteiger partial charge is 0.399 e. The van der Waals surface area contributed by atoms with E-state index in [1.54, 1.807) is 11.3 Å². The van der Waals surface area contributed by atoms with Crippen molar-refractivity contribution in [3.05, 3.63) is 44.8 Å². The lowest BCUT2D eigenvalue weighted by Crippen LogP contribution is -2.42. The summed E-state index contributed by atoms with van der Waals surface area (Å²) in [5, 5.41) is 32.0. The van der Waals surface area contributed by atoms with E-state index in [4.69, 9.17) is 10.5 Å². The van der Waals surface area contributed by atoms with Gasteiger partial charge in [-0.2, -0.15) is 15.8 Å². The fraction of sp³-hybridized carbons (Fsp3) is 0.500. The molecule has 0 unspecified atom stereocenters. The molecule has 0 aromatic carbocycles. The molecule has 1 saturated heterocycles. The normalized spacial score (nSPS) is 26.6. The van der Waals surface area contributed by atoms with Crippen molar-refractivity contribution in [3.63, 3.8) is 0 Å². The Hall–Kier alpha value is -2.63. The number of hydrogen-bond acceptors (Lipinski definition) is 7. The van der Waals surface area contributed by atoms with Gasteiger partial charge in [-0.3, -0.25) is 4.90 Å². The molecule has 2 atom stereocenters. The Morgan fingerprint density at radius 2 is 2.00 bits per heavy atom. The predicted octanol–water partition coefficient (Wildman–Crippen LogP) is 3.17. The fourth-order valence-corrected chi connectivity index (χ4v) is 5.97. The highest BCUT2D eigenvalue weighted by Gasteiger charge is 2.54. The molecule has 1 fully saturated rings. The molecule has 2 heterocycles. The molecule has 0 bridgehead atoms. The molecule has 6 nitrogen and oxygen atoms in total. The minimum atomic E-state index is -1.51. The first-order chi connectivity index (χ1) is 14.1. The summed E-state index contributed by atoms with van der Waals surface area (Å²) in [6, 6.07) is 8.73. The lowest BCUT2D eigenvalue weighted by atomic mass is 9.58. The summed E-state index contributed by atoms with van der Waals surface area (Å²) in [6.45, 7) is 4.15. The van der Waals surface area contributed by atoms with Crippen molar-refractivity contribution in [1.82, 2.24) is 4.90 Å². The van der Waals surface area contributed by atoms with Gasteiger partial charge in [0.2, 0.25) is 0 Å². The van der Waals surface area contributed by atoms with Crippen molar-refractivity contribution >= 4 is 11.3 Å². The predicted molar refractivity (Wildman–Crippen MR) is 109 cm³/mol. The molecule has 1 aromatic heterocycles. The summed E-state index contributed by atoms with van der Waals surface area (Å²) in [6.07, 6.45) is 4.82. The van der Waals surface area contributed by atoms with Gasteiger partial charge in [0.25, 0.3) is 0 Å². The van der Waals surface area contributed by atoms with Crippen LogP contribution in [0.3, 0.4) is 0 Å². The van der Waals surface area contributed by atoms with Crippen LogP contribution in [0.25, 0.3) is 0 Å². The summed E-state index contributed by atoms with van der Waals surface area (Å²) in [5.41, 5.74) is 7.38. The topological polar surface area (TPSA) is 110 Å². The number of thiophene rings is 1. The van der Waals surface area contributed by atoms with Crippen LogP contribution < -0.4 is 5.73 Å². The van der Waals surface area contributed by atoms with Crippen LogP contribution in [-0.2, 0) is 11.3 Å². The SMILES string of the molecule is N#CC1=C(N)C(C#N)(C#N)[C@H](c2cc(CN3CCOCC3)cs2)[C@@H]2CCCC=C12. The van der Waals surface area contributed by atoms with E-state index in [9.17, 15) is 15.8 Å². The third kappa shape index (κ3) is 3.24. The third-order valence-corrected chi connectivity index (χ3v) is 7.35. The molecule has 0 amide bonds. The lowest BCUT2D eigenvalue weighted by molar-refractivity contribution is 0.0342. The highest BCUT2D eigenvalue weighted by Crippen LogP contribution is 2.56. The summed E-state index contributed by atoms with van der Waals surface area (Å²) in [5.74, 6) is -0.371. The maximum absolute atomic E-state index is 10.1. The van der Waals surface area contributed by atoms with Crippen molar-refractivity contribution in [2.45, 2.75) is 31.7 Å². The van der Waals surface area contributed by atoms with Crippen LogP contribution in [0.1, 0.15) is 35.6 Å². The molecule has 0 saturated carbocycles. The van der Waals surface area contributed by atoms with E-state index in [0.29, 0.717) is 5.57 Å². The highest BCUT2D eigenvalue weighted by molar-refractivity contribution is 7.10. The van der Waals surface area contributed by atoms with E-state index < -0.39 is 5.41 Å². The molecule has 2 N–H and O–H groups in total. The Labute approximate surface area is 175 Å². The van der Waals surface area contributed by atoms with Crippen molar-refractivity contribution in [2.75, 3.05) is 26.3 Å². The van der Waals surface area contributed by atoms with Gasteiger partial charge >= 0.3 is 0 Å². The monoisotopic (exact) mass is 405 g/mol. The van der Waals surface area contributed by atoms with Gasteiger partial charge in [-0.05, 0) is 47.8 Å². The molecule has 0 spiro atoms. The Morgan fingerprint density at radius 3 is 2.69 bits per heavy atom. The van der Waals surface area contributed by atoms with E-state index in [-0.39, 0.29) is 17.5 Å². The van der Waals surface area contributed by atoms with Crippen LogP contribution in [-0.4, -0.2) is 31.2 Å². The average molecular weight is 406 g/mol. The smallest absolute Gasteiger partial charge is 0.192 e. The van der Waals surface area contributed by atoms with Crippen molar-refractivity contribution in [2.24, 2.45) is 17.1 Å². The lowest BCUT2D eigenvalue weighted by Gasteiger charge is -2.42. The molecular formula is C22H23N5OS. The van der Waals surface area contributed by atoms with Gasteiger partial charge in [0.05, 0.1) is 36.6 Å². The van der Waals surface area contributed by atoms with E-state index in [1.165, 1.54) is 5.56 Å². The second kappa shape index (κ2) is 8.01. The molecule has 1 aliphatic heterocycles. The molecule has 7 heteroatoms. The van der Waals surface area contributed by atoms with Gasteiger partial charge in [0.1, 0.15) is 6.07 Å². The molecule has 2 aliphatic carbocycles. The van der Waals surface area contributed by atoms with E-state index >= 15 is 0 Å². The minimum absolute atomic E-state index is 0.0279. The van der Waals surface area contributed by atoms with Crippen molar-refractivity contribution in [1.29, 1.82) is 15.8 Å². The van der Waals surface area contributed by atoms with Crippen LogP contribution >= 0.6 is 11.3 Å². The molecular weight excluding hydrogens is 382 g/mol. The van der Waals surface area contributed by atoms with Gasteiger partial charge in [0, 0.05) is 30.4 Å². The summed E-state index contributed by atoms with van der Waals surface area (Å²) >= 11 is 1.60. The van der Waals surface area contributed by atoms with Gasteiger partial charge in [-0.25, -0.2) is 0 Å². The zero-order chi connectivity index (χ0) is 20.4. The Kier molecular flexibility index (Phi) is 5.43. The maximum Gasteiger partial charge on any atom is 0.192 e. The van der Waals surface area contributed by atoms with Gasteiger partial charge in [0.15, 0.2) is 5.41 Å². The summed E-state index contributed by atoms with van der Waals surface area (Å²) in [7, 11) is 0. The van der Waals surface area contributed by atoms with E-state index in [2.05, 4.69) is 40.6 Å². The van der Waals surface area contributed by atoms with Gasteiger partial charge < -0.3 is 10.5 Å². The number of nitriles is 3. The number of nitrogens with two attached hydrogens (primary N) is 1. The van der Waals surface area contributed by atoms with Gasteiger partial charge in [-0.1, -0.05) is 6.08 Å². The number of ether oxygens (including phenoxy) is 1. The van der Waals surface area contributed by atoms with E-state index in [0.717, 1.165) is 62.6 Å². The number of hydrogen-bond donors (Lipinski definition) is 1. The number of rotatable bonds is 3. The molecule has 148 valence electrons. The summed E-state index contributed by atoms with van der Waals surface area (Å²) < 4.78 is 5.42. The number of morpholine rings is 1. The zero-order valence-electron chi connectivity index (χ0n) is 16.2. The maximum atomic E-state index is 10.1. The van der Waals surface area contributed by atoms with Crippen LogP contribution in [0.15, 0.2) is 34.4 Å². The second-order valence-corrected chi connectivity index (χ2v) is 8.80. The van der Waals surface area contributed by atoms with Crippen molar-refractivity contribution < 1.29 is 4.74 Å². The second-order valence-electron chi connectivity index (χ2n) is 7.85. The van der Waals surface area contributed by atoms with Crippen LogP contribution in [0.5, 0.6) is 0 Å². The molecule has 3 aliphatic rings. The molecule has 29 heavy (non-hydrogen) atoms.